The highest BCUT2D eigenvalue weighted by Gasteiger charge is 2.47. The largest absolute Gasteiger partial charge is 0.493 e. The van der Waals surface area contributed by atoms with Gasteiger partial charge in [-0.1, -0.05) is 18.2 Å². The van der Waals surface area contributed by atoms with Gasteiger partial charge in [-0.3, -0.25) is 4.79 Å². The highest BCUT2D eigenvalue weighted by Crippen LogP contribution is 2.40. The first-order valence-electron chi connectivity index (χ1n) is 6.88. The van der Waals surface area contributed by atoms with E-state index in [1.54, 1.807) is 0 Å². The van der Waals surface area contributed by atoms with Gasteiger partial charge in [0.1, 0.15) is 5.75 Å². The second-order valence-corrected chi connectivity index (χ2v) is 5.44. The van der Waals surface area contributed by atoms with Crippen LogP contribution in [-0.4, -0.2) is 41.7 Å². The second kappa shape index (κ2) is 5.21. The van der Waals surface area contributed by atoms with E-state index >= 15 is 0 Å². The van der Waals surface area contributed by atoms with Crippen LogP contribution in [0, 0.1) is 11.8 Å². The van der Waals surface area contributed by atoms with Gasteiger partial charge in [-0.25, -0.2) is 0 Å². The summed E-state index contributed by atoms with van der Waals surface area (Å²) in [4.78, 5) is 13.9. The van der Waals surface area contributed by atoms with Crippen molar-refractivity contribution in [3.63, 3.8) is 0 Å². The molecule has 1 heterocycles. The van der Waals surface area contributed by atoms with Crippen molar-refractivity contribution in [2.75, 3.05) is 19.7 Å². The molecule has 3 rings (SSSR count). The number of para-hydroxylation sites is 1. The number of amides is 1. The minimum absolute atomic E-state index is 0.137. The van der Waals surface area contributed by atoms with Crippen LogP contribution in [0.2, 0.25) is 0 Å². The molecule has 3 atom stereocenters. The number of likely N-dealkylation sites (tertiary alicyclic amines) is 1. The molecule has 0 spiro atoms. The molecular formula is C15H19NO3. The Hall–Kier alpha value is -1.55. The number of aliphatic hydroxyl groups excluding tert-OH is 1. The van der Waals surface area contributed by atoms with E-state index in [0.29, 0.717) is 24.9 Å². The number of hydrogen-bond acceptors (Lipinski definition) is 3. The van der Waals surface area contributed by atoms with Gasteiger partial charge in [0.2, 0.25) is 5.91 Å². The van der Waals surface area contributed by atoms with Crippen molar-refractivity contribution in [1.82, 2.24) is 4.90 Å². The molecule has 2 aliphatic rings. The molecule has 1 aromatic carbocycles. The average Bonchev–Trinajstić information content (AvgIpc) is 2.77. The smallest absolute Gasteiger partial charge is 0.226 e. The molecule has 19 heavy (non-hydrogen) atoms. The summed E-state index contributed by atoms with van der Waals surface area (Å²) in [7, 11) is 0. The fraction of sp³-hybridized carbons (Fsp3) is 0.533. The summed E-state index contributed by atoms with van der Waals surface area (Å²) >= 11 is 0. The van der Waals surface area contributed by atoms with Gasteiger partial charge in [-0.05, 0) is 24.5 Å². The Morgan fingerprint density at radius 3 is 2.79 bits per heavy atom. The van der Waals surface area contributed by atoms with Gasteiger partial charge in [-0.2, -0.15) is 0 Å². The third-order valence-electron chi connectivity index (χ3n) is 4.21. The number of carbonyl (C=O) groups is 1. The van der Waals surface area contributed by atoms with Crippen LogP contribution in [0.3, 0.4) is 0 Å². The molecule has 0 radical (unpaired) electrons. The maximum atomic E-state index is 12.0. The molecule has 102 valence electrons. The first-order chi connectivity index (χ1) is 9.24. The Kier molecular flexibility index (Phi) is 3.42. The van der Waals surface area contributed by atoms with Gasteiger partial charge < -0.3 is 14.7 Å². The maximum Gasteiger partial charge on any atom is 0.226 e. The molecule has 0 aromatic heterocycles. The average molecular weight is 261 g/mol. The molecule has 1 saturated heterocycles. The normalized spacial score (nSPS) is 28.7. The van der Waals surface area contributed by atoms with Crippen molar-refractivity contribution in [1.29, 1.82) is 0 Å². The summed E-state index contributed by atoms with van der Waals surface area (Å²) in [5.41, 5.74) is 0. The number of carbonyl (C=O) groups excluding carboxylic acids is 1. The summed E-state index contributed by atoms with van der Waals surface area (Å²) in [6.45, 7) is 1.94. The summed E-state index contributed by atoms with van der Waals surface area (Å²) < 4.78 is 5.53. The van der Waals surface area contributed by atoms with Crippen LogP contribution >= 0.6 is 0 Å². The number of hydrogen-bond donors (Lipinski definition) is 1. The van der Waals surface area contributed by atoms with Crippen molar-refractivity contribution in [2.24, 2.45) is 11.8 Å². The van der Waals surface area contributed by atoms with Gasteiger partial charge in [0.15, 0.2) is 0 Å². The molecule has 1 aromatic rings. The van der Waals surface area contributed by atoms with E-state index in [-0.39, 0.29) is 12.0 Å². The predicted molar refractivity (Wildman–Crippen MR) is 70.7 cm³/mol. The summed E-state index contributed by atoms with van der Waals surface area (Å²) in [6, 6.07) is 9.53. The molecule has 1 amide bonds. The van der Waals surface area contributed by atoms with Gasteiger partial charge in [0.05, 0.1) is 19.1 Å². The number of benzene rings is 1. The lowest BCUT2D eigenvalue weighted by atomic mass is 9.74. The van der Waals surface area contributed by atoms with Crippen LogP contribution in [0.15, 0.2) is 30.3 Å². The van der Waals surface area contributed by atoms with Crippen LogP contribution in [0.5, 0.6) is 5.75 Å². The topological polar surface area (TPSA) is 49.8 Å². The Morgan fingerprint density at radius 2 is 2.11 bits per heavy atom. The Labute approximate surface area is 113 Å². The first-order valence-corrected chi connectivity index (χ1v) is 6.88. The molecule has 1 N–H and O–H groups in total. The third-order valence-corrected chi connectivity index (χ3v) is 4.21. The lowest BCUT2D eigenvalue weighted by Crippen LogP contribution is -2.39. The number of rotatable bonds is 4. The second-order valence-electron chi connectivity index (χ2n) is 5.44. The van der Waals surface area contributed by atoms with E-state index in [9.17, 15) is 9.90 Å². The Bertz CT molecular complexity index is 448. The third kappa shape index (κ3) is 2.59. The van der Waals surface area contributed by atoms with Crippen molar-refractivity contribution in [3.8, 4) is 5.75 Å². The Balaban J connectivity index is 1.42. The van der Waals surface area contributed by atoms with Crippen LogP contribution in [0.25, 0.3) is 0 Å². The van der Waals surface area contributed by atoms with E-state index < -0.39 is 0 Å². The monoisotopic (exact) mass is 261 g/mol. The van der Waals surface area contributed by atoms with Crippen LogP contribution in [0.4, 0.5) is 0 Å². The SMILES string of the molecule is O=C(CCOc1ccccc1)N1C[C@@H]2C[C@H](O)[C@@H]2C1. The van der Waals surface area contributed by atoms with Crippen molar-refractivity contribution in [3.05, 3.63) is 30.3 Å². The van der Waals surface area contributed by atoms with E-state index in [4.69, 9.17) is 4.74 Å². The fourth-order valence-electron chi connectivity index (χ4n) is 3.01. The quantitative estimate of drug-likeness (QED) is 0.888. The molecule has 1 aliphatic heterocycles. The molecule has 1 saturated carbocycles. The fourth-order valence-corrected chi connectivity index (χ4v) is 3.01. The zero-order chi connectivity index (χ0) is 13.2. The number of fused-ring (bicyclic) bond motifs is 1. The summed E-state index contributed by atoms with van der Waals surface area (Å²) in [5, 5.41) is 9.58. The standard InChI is InChI=1S/C15H19NO3/c17-14-8-11-9-16(10-13(11)14)15(18)6-7-19-12-4-2-1-3-5-12/h1-5,11,13-14,17H,6-10H2/t11-,13+,14-/m0/s1. The molecule has 2 fully saturated rings. The van der Waals surface area contributed by atoms with E-state index in [1.165, 1.54) is 0 Å². The van der Waals surface area contributed by atoms with E-state index in [2.05, 4.69) is 0 Å². The Morgan fingerprint density at radius 1 is 1.32 bits per heavy atom. The molecule has 0 unspecified atom stereocenters. The van der Waals surface area contributed by atoms with Crippen molar-refractivity contribution < 1.29 is 14.6 Å². The zero-order valence-electron chi connectivity index (χ0n) is 10.9. The minimum atomic E-state index is -0.191. The first kappa shape index (κ1) is 12.5. The van der Waals surface area contributed by atoms with Crippen LogP contribution in [0.1, 0.15) is 12.8 Å². The maximum absolute atomic E-state index is 12.0. The molecule has 4 nitrogen and oxygen atoms in total. The number of ether oxygens (including phenoxy) is 1. The van der Waals surface area contributed by atoms with Gasteiger partial charge >= 0.3 is 0 Å². The van der Waals surface area contributed by atoms with Gasteiger partial charge in [0.25, 0.3) is 0 Å². The molecule has 0 bridgehead atoms. The van der Waals surface area contributed by atoms with E-state index in [1.807, 2.05) is 35.2 Å². The van der Waals surface area contributed by atoms with Crippen molar-refractivity contribution >= 4 is 5.91 Å². The lowest BCUT2D eigenvalue weighted by Gasteiger charge is -2.34. The molecule has 1 aliphatic carbocycles. The lowest BCUT2D eigenvalue weighted by molar-refractivity contribution is -0.130. The van der Waals surface area contributed by atoms with Gasteiger partial charge in [0, 0.05) is 19.0 Å². The number of aliphatic hydroxyl groups is 1. The van der Waals surface area contributed by atoms with Crippen LogP contribution < -0.4 is 4.74 Å². The van der Waals surface area contributed by atoms with Crippen molar-refractivity contribution in [2.45, 2.75) is 18.9 Å². The zero-order valence-corrected chi connectivity index (χ0v) is 10.9. The summed E-state index contributed by atoms with van der Waals surface area (Å²) in [6.07, 6.45) is 1.07. The highest BCUT2D eigenvalue weighted by molar-refractivity contribution is 5.76. The summed E-state index contributed by atoms with van der Waals surface area (Å²) in [5.74, 6) is 1.78. The minimum Gasteiger partial charge on any atom is -0.493 e. The van der Waals surface area contributed by atoms with E-state index in [0.717, 1.165) is 25.3 Å². The highest BCUT2D eigenvalue weighted by atomic mass is 16.5. The van der Waals surface area contributed by atoms with Gasteiger partial charge in [-0.15, -0.1) is 0 Å². The van der Waals surface area contributed by atoms with Crippen LogP contribution in [-0.2, 0) is 4.79 Å². The molecule has 4 heteroatoms. The predicted octanol–water partition coefficient (Wildman–Crippen LogP) is 1.29. The number of nitrogens with zero attached hydrogens (tertiary/aromatic N) is 1. The molecular weight excluding hydrogens is 242 g/mol.